The van der Waals surface area contributed by atoms with Crippen LogP contribution in [0.4, 0.5) is 0 Å². The Bertz CT molecular complexity index is 480. The smallest absolute Gasteiger partial charge is 0.188 e. The lowest BCUT2D eigenvalue weighted by Crippen LogP contribution is -2.22. The number of hydrogen-bond donors (Lipinski definition) is 1. The summed E-state index contributed by atoms with van der Waals surface area (Å²) >= 11 is 0. The van der Waals surface area contributed by atoms with E-state index in [4.69, 9.17) is 5.26 Å². The number of rotatable bonds is 1. The molecule has 0 saturated carbocycles. The highest BCUT2D eigenvalue weighted by molar-refractivity contribution is 5.39. The fourth-order valence-corrected chi connectivity index (χ4v) is 1.79. The molecule has 0 aromatic heterocycles. The molecule has 16 heavy (non-hydrogen) atoms. The molecule has 0 amide bonds. The van der Waals surface area contributed by atoms with Crippen LogP contribution in [0.25, 0.3) is 0 Å². The highest BCUT2D eigenvalue weighted by Crippen LogP contribution is 2.26. The lowest BCUT2D eigenvalue weighted by atomic mass is 9.88. The van der Waals surface area contributed by atoms with Crippen LogP contribution in [0.3, 0.4) is 0 Å². The summed E-state index contributed by atoms with van der Waals surface area (Å²) in [4.78, 5) is 0. The Hall–Kier alpha value is -1.85. The maximum absolute atomic E-state index is 9.66. The van der Waals surface area contributed by atoms with Crippen molar-refractivity contribution in [3.8, 4) is 6.07 Å². The molecule has 0 fully saturated rings. The molecule has 2 rings (SSSR count). The van der Waals surface area contributed by atoms with Crippen molar-refractivity contribution in [3.05, 3.63) is 59.7 Å². The molecule has 0 saturated heterocycles. The first kappa shape index (κ1) is 10.7. The zero-order valence-electron chi connectivity index (χ0n) is 9.09. The van der Waals surface area contributed by atoms with Gasteiger partial charge in [0.25, 0.3) is 0 Å². The van der Waals surface area contributed by atoms with Crippen molar-refractivity contribution in [1.29, 1.82) is 5.26 Å². The molecule has 1 aliphatic rings. The molecule has 2 heteroatoms. The van der Waals surface area contributed by atoms with Crippen LogP contribution in [0.15, 0.2) is 48.6 Å². The van der Waals surface area contributed by atoms with Crippen molar-refractivity contribution >= 4 is 0 Å². The fourth-order valence-electron chi connectivity index (χ4n) is 1.79. The summed E-state index contributed by atoms with van der Waals surface area (Å²) < 4.78 is 0. The van der Waals surface area contributed by atoms with Crippen LogP contribution >= 0.6 is 0 Å². The minimum atomic E-state index is -1.43. The third kappa shape index (κ3) is 2.05. The van der Waals surface area contributed by atoms with E-state index in [9.17, 15) is 5.11 Å². The monoisotopic (exact) mass is 211 g/mol. The molecule has 0 radical (unpaired) electrons. The molecule has 1 aromatic carbocycles. The maximum Gasteiger partial charge on any atom is 0.188 e. The summed E-state index contributed by atoms with van der Waals surface area (Å²) in [5.41, 5.74) is 0.952. The first-order valence-corrected chi connectivity index (χ1v) is 5.22. The average molecular weight is 211 g/mol. The Kier molecular flexibility index (Phi) is 2.64. The molecule has 1 N–H and O–H groups in total. The van der Waals surface area contributed by atoms with E-state index < -0.39 is 5.60 Å². The second kappa shape index (κ2) is 3.96. The Morgan fingerprint density at radius 3 is 2.56 bits per heavy atom. The van der Waals surface area contributed by atoms with E-state index in [-0.39, 0.29) is 5.92 Å². The number of nitriles is 1. The van der Waals surface area contributed by atoms with E-state index in [1.807, 2.05) is 43.3 Å². The highest BCUT2D eigenvalue weighted by Gasteiger charge is 2.23. The number of allylic oxidation sites excluding steroid dienone is 2. The number of aryl methyl sites for hydroxylation is 1. The van der Waals surface area contributed by atoms with Crippen LogP contribution in [0.5, 0.6) is 0 Å². The summed E-state index contributed by atoms with van der Waals surface area (Å²) in [6.07, 6.45) is 6.80. The summed E-state index contributed by atoms with van der Waals surface area (Å²) in [5.74, 6) is 0.147. The second-order valence-corrected chi connectivity index (χ2v) is 4.10. The molecule has 0 bridgehead atoms. The fraction of sp³-hybridized carbons (Fsp3) is 0.214. The second-order valence-electron chi connectivity index (χ2n) is 4.10. The summed E-state index contributed by atoms with van der Waals surface area (Å²) in [6, 6.07) is 10.1. The Morgan fingerprint density at radius 1 is 1.31 bits per heavy atom. The van der Waals surface area contributed by atoms with Gasteiger partial charge in [0, 0.05) is 5.92 Å². The summed E-state index contributed by atoms with van der Waals surface area (Å²) in [7, 11) is 0. The van der Waals surface area contributed by atoms with Crippen molar-refractivity contribution < 1.29 is 5.11 Å². The number of hydrogen-bond acceptors (Lipinski definition) is 2. The van der Waals surface area contributed by atoms with Gasteiger partial charge in [-0.2, -0.15) is 5.26 Å². The van der Waals surface area contributed by atoms with E-state index in [1.165, 1.54) is 11.1 Å². The highest BCUT2D eigenvalue weighted by atomic mass is 16.3. The number of benzene rings is 1. The molecule has 80 valence electrons. The van der Waals surface area contributed by atoms with Gasteiger partial charge in [0.15, 0.2) is 5.60 Å². The maximum atomic E-state index is 9.66. The quantitative estimate of drug-likeness (QED) is 0.572. The molecule has 1 aliphatic carbocycles. The van der Waals surface area contributed by atoms with Crippen LogP contribution in [0.1, 0.15) is 17.0 Å². The SMILES string of the molecule is Cc1cccc(C2C=CC(O)(C#N)C=C2)c1. The van der Waals surface area contributed by atoms with Crippen LogP contribution in [-0.4, -0.2) is 10.7 Å². The predicted molar refractivity (Wildman–Crippen MR) is 62.8 cm³/mol. The van der Waals surface area contributed by atoms with Gasteiger partial charge in [-0.1, -0.05) is 42.0 Å². The van der Waals surface area contributed by atoms with Gasteiger partial charge in [0.2, 0.25) is 0 Å². The number of nitrogens with zero attached hydrogens (tertiary/aromatic N) is 1. The zero-order chi connectivity index (χ0) is 11.6. The van der Waals surface area contributed by atoms with Crippen molar-refractivity contribution in [2.45, 2.75) is 18.4 Å². The zero-order valence-corrected chi connectivity index (χ0v) is 9.09. The first-order chi connectivity index (χ1) is 7.63. The van der Waals surface area contributed by atoms with Gasteiger partial charge in [-0.05, 0) is 24.6 Å². The average Bonchev–Trinajstić information content (AvgIpc) is 2.30. The third-order valence-electron chi connectivity index (χ3n) is 2.72. The van der Waals surface area contributed by atoms with E-state index in [1.54, 1.807) is 12.2 Å². The standard InChI is InChI=1S/C14H13NO/c1-11-3-2-4-13(9-11)12-5-7-14(16,10-15)8-6-12/h2-9,12,16H,1H3. The molecular weight excluding hydrogens is 198 g/mol. The van der Waals surface area contributed by atoms with Crippen molar-refractivity contribution in [2.75, 3.05) is 0 Å². The molecule has 2 nitrogen and oxygen atoms in total. The van der Waals surface area contributed by atoms with Crippen molar-refractivity contribution in [2.24, 2.45) is 0 Å². The summed E-state index contributed by atoms with van der Waals surface area (Å²) in [6.45, 7) is 2.05. The van der Waals surface area contributed by atoms with Gasteiger partial charge in [-0.15, -0.1) is 0 Å². The van der Waals surface area contributed by atoms with Gasteiger partial charge >= 0.3 is 0 Å². The van der Waals surface area contributed by atoms with Gasteiger partial charge < -0.3 is 5.11 Å². The van der Waals surface area contributed by atoms with Crippen molar-refractivity contribution in [1.82, 2.24) is 0 Å². The van der Waals surface area contributed by atoms with E-state index in [0.717, 1.165) is 0 Å². The van der Waals surface area contributed by atoms with E-state index >= 15 is 0 Å². The van der Waals surface area contributed by atoms with Crippen LogP contribution < -0.4 is 0 Å². The van der Waals surface area contributed by atoms with Crippen LogP contribution in [-0.2, 0) is 0 Å². The molecule has 0 aliphatic heterocycles. The minimum Gasteiger partial charge on any atom is -0.369 e. The molecule has 0 heterocycles. The number of aliphatic hydroxyl groups is 1. The van der Waals surface area contributed by atoms with Gasteiger partial charge in [-0.25, -0.2) is 0 Å². The Balaban J connectivity index is 2.26. The molecule has 0 unspecified atom stereocenters. The van der Waals surface area contributed by atoms with Crippen LogP contribution in [0, 0.1) is 18.3 Å². The molecular formula is C14H13NO. The van der Waals surface area contributed by atoms with Gasteiger partial charge in [-0.3, -0.25) is 0 Å². The molecule has 0 atom stereocenters. The van der Waals surface area contributed by atoms with Gasteiger partial charge in [0.1, 0.15) is 6.07 Å². The largest absolute Gasteiger partial charge is 0.369 e. The van der Waals surface area contributed by atoms with E-state index in [2.05, 4.69) is 6.07 Å². The minimum absolute atomic E-state index is 0.147. The first-order valence-electron chi connectivity index (χ1n) is 5.22. The lowest BCUT2D eigenvalue weighted by Gasteiger charge is -2.19. The predicted octanol–water partition coefficient (Wildman–Crippen LogP) is 2.46. The third-order valence-corrected chi connectivity index (χ3v) is 2.72. The van der Waals surface area contributed by atoms with E-state index in [0.29, 0.717) is 0 Å². The lowest BCUT2D eigenvalue weighted by molar-refractivity contribution is 0.199. The van der Waals surface area contributed by atoms with Crippen LogP contribution in [0.2, 0.25) is 0 Å². The molecule has 0 spiro atoms. The van der Waals surface area contributed by atoms with Crippen molar-refractivity contribution in [3.63, 3.8) is 0 Å². The normalized spacial score (nSPS) is 27.7. The topological polar surface area (TPSA) is 44.0 Å². The summed E-state index contributed by atoms with van der Waals surface area (Å²) in [5, 5.41) is 18.4. The van der Waals surface area contributed by atoms with Gasteiger partial charge in [0.05, 0.1) is 0 Å². The Labute approximate surface area is 95.2 Å². The Morgan fingerprint density at radius 2 is 2.00 bits per heavy atom. The molecule has 1 aromatic rings.